The molecule has 1 heterocycles. The highest BCUT2D eigenvalue weighted by atomic mass is 19.3. The number of aliphatic hydroxyl groups is 2. The van der Waals surface area contributed by atoms with E-state index in [9.17, 15) is 33.4 Å². The van der Waals surface area contributed by atoms with Crippen molar-refractivity contribution in [1.29, 1.82) is 0 Å². The summed E-state index contributed by atoms with van der Waals surface area (Å²) >= 11 is 0. The van der Waals surface area contributed by atoms with Crippen LogP contribution in [0.3, 0.4) is 0 Å². The lowest BCUT2D eigenvalue weighted by Crippen LogP contribution is -2.53. The van der Waals surface area contributed by atoms with Gasteiger partial charge in [-0.05, 0) is 12.0 Å². The molecule has 0 unspecified atom stereocenters. The number of alkyl halides is 2. The second kappa shape index (κ2) is 8.97. The number of nitrogens with two attached hydrogens (primary N) is 2. The van der Waals surface area contributed by atoms with Gasteiger partial charge in [-0.1, -0.05) is 20.3 Å². The molecule has 4 atom stereocenters. The van der Waals surface area contributed by atoms with Gasteiger partial charge in [-0.2, -0.15) is 13.8 Å². The van der Waals surface area contributed by atoms with Crippen molar-refractivity contribution in [3.8, 4) is 0 Å². The number of halogens is 2. The Morgan fingerprint density at radius 1 is 1.41 bits per heavy atom. The van der Waals surface area contributed by atoms with Gasteiger partial charge in [-0.15, -0.1) is 0 Å². The Labute approximate surface area is 152 Å². The highest BCUT2D eigenvalue weighted by molar-refractivity contribution is 5.86. The van der Waals surface area contributed by atoms with Gasteiger partial charge in [-0.25, -0.2) is 9.36 Å². The molecule has 0 aliphatic heterocycles. The van der Waals surface area contributed by atoms with Crippen LogP contribution in [0.5, 0.6) is 0 Å². The summed E-state index contributed by atoms with van der Waals surface area (Å²) in [6.45, 7) is 2.42. The monoisotopic (exact) mass is 392 g/mol. The van der Waals surface area contributed by atoms with Crippen LogP contribution in [-0.4, -0.2) is 62.4 Å². The number of anilines is 1. The highest BCUT2D eigenvalue weighted by Gasteiger charge is 2.51. The van der Waals surface area contributed by atoms with Crippen molar-refractivity contribution in [2.24, 2.45) is 11.7 Å². The number of aliphatic hydroxyl groups excluding tert-OH is 2. The van der Waals surface area contributed by atoms with E-state index in [1.807, 2.05) is 0 Å². The maximum atomic E-state index is 14.1. The number of hydrogen-bond donors (Lipinski definition) is 4. The minimum Gasteiger partial charge on any atom is -0.462 e. The number of carbonyl (C=O) groups is 2. The second-order valence-corrected chi connectivity index (χ2v) is 5.99. The molecule has 0 bridgehead atoms. The first-order chi connectivity index (χ1) is 12.4. The molecule has 0 amide bonds. The normalized spacial score (nSPS) is 16.3. The average Bonchev–Trinajstić information content (AvgIpc) is 2.63. The third kappa shape index (κ3) is 5.28. The molecule has 0 aliphatic rings. The van der Waals surface area contributed by atoms with Crippen LogP contribution >= 0.6 is 0 Å². The molecular weight excluding hydrogens is 370 g/mol. The average molecular weight is 392 g/mol. The molecule has 0 spiro atoms. The highest BCUT2D eigenvalue weighted by Crippen LogP contribution is 2.23. The maximum absolute atomic E-state index is 14.1. The van der Waals surface area contributed by atoms with Gasteiger partial charge in [0.2, 0.25) is 0 Å². The molecule has 12 heteroatoms. The zero-order chi connectivity index (χ0) is 20.9. The van der Waals surface area contributed by atoms with Crippen LogP contribution < -0.4 is 17.2 Å². The van der Waals surface area contributed by atoms with E-state index in [0.717, 1.165) is 6.07 Å². The van der Waals surface area contributed by atoms with Crippen LogP contribution in [0.4, 0.5) is 14.6 Å². The Morgan fingerprint density at radius 3 is 2.52 bits per heavy atom. The third-order valence-corrected chi connectivity index (χ3v) is 3.99. The van der Waals surface area contributed by atoms with Gasteiger partial charge in [0.05, 0.1) is 0 Å². The molecule has 0 saturated carbocycles. The Morgan fingerprint density at radius 2 is 2.00 bits per heavy atom. The van der Waals surface area contributed by atoms with Gasteiger partial charge in [0.25, 0.3) is 0 Å². The lowest BCUT2D eigenvalue weighted by Gasteiger charge is -2.26. The van der Waals surface area contributed by atoms with Crippen LogP contribution in [0.25, 0.3) is 0 Å². The molecule has 0 saturated heterocycles. The molecule has 27 heavy (non-hydrogen) atoms. The molecule has 10 nitrogen and oxygen atoms in total. The quantitative estimate of drug-likeness (QED) is 0.394. The van der Waals surface area contributed by atoms with Crippen molar-refractivity contribution < 1.29 is 33.3 Å². The van der Waals surface area contributed by atoms with E-state index in [1.165, 1.54) is 0 Å². The number of rotatable bonds is 8. The van der Waals surface area contributed by atoms with Gasteiger partial charge < -0.3 is 26.4 Å². The van der Waals surface area contributed by atoms with Crippen LogP contribution in [0.1, 0.15) is 25.1 Å². The van der Waals surface area contributed by atoms with Crippen molar-refractivity contribution in [2.45, 2.75) is 44.4 Å². The van der Waals surface area contributed by atoms with Crippen LogP contribution in [0.2, 0.25) is 0 Å². The summed E-state index contributed by atoms with van der Waals surface area (Å²) in [5, 5.41) is 19.3. The number of hydrogen-bond acceptors (Lipinski definition) is 9. The maximum Gasteiger partial charge on any atom is 0.356 e. The van der Waals surface area contributed by atoms with Gasteiger partial charge in [0.15, 0.2) is 6.10 Å². The zero-order valence-electron chi connectivity index (χ0n) is 14.7. The summed E-state index contributed by atoms with van der Waals surface area (Å²) in [6, 6.07) is -0.114. The molecule has 1 rings (SSSR count). The topological polar surface area (TPSA) is 171 Å². The van der Waals surface area contributed by atoms with E-state index in [1.54, 1.807) is 13.8 Å². The van der Waals surface area contributed by atoms with E-state index < -0.39 is 48.3 Å². The van der Waals surface area contributed by atoms with Crippen LogP contribution in [0.15, 0.2) is 17.1 Å². The summed E-state index contributed by atoms with van der Waals surface area (Å²) in [5.41, 5.74) is 9.41. The SMILES string of the molecule is CC[C@H](C)[C@H](N)C(=O)OC[C@@H](O)[C@@H](O)C(F)(F)C(=O)n1ccc(N)nc1=O. The fourth-order valence-electron chi connectivity index (χ4n) is 1.94. The minimum atomic E-state index is -4.58. The van der Waals surface area contributed by atoms with Crippen LogP contribution in [0, 0.1) is 5.92 Å². The lowest BCUT2D eigenvalue weighted by atomic mass is 10.0. The molecule has 0 radical (unpaired) electrons. The van der Waals surface area contributed by atoms with Crippen molar-refractivity contribution in [3.05, 3.63) is 22.7 Å². The number of esters is 1. The molecule has 1 aromatic rings. The predicted molar refractivity (Wildman–Crippen MR) is 88.9 cm³/mol. The van der Waals surface area contributed by atoms with Gasteiger partial charge >= 0.3 is 23.5 Å². The Balaban J connectivity index is 2.83. The van der Waals surface area contributed by atoms with E-state index in [-0.39, 0.29) is 16.3 Å². The van der Waals surface area contributed by atoms with E-state index >= 15 is 0 Å². The fraction of sp³-hybridized carbons (Fsp3) is 0.600. The molecule has 0 aromatic carbocycles. The first kappa shape index (κ1) is 22.6. The number of ether oxygens (including phenoxy) is 1. The first-order valence-electron chi connectivity index (χ1n) is 7.99. The smallest absolute Gasteiger partial charge is 0.356 e. The van der Waals surface area contributed by atoms with Crippen molar-refractivity contribution in [1.82, 2.24) is 9.55 Å². The number of aromatic nitrogens is 2. The molecule has 0 aliphatic carbocycles. The van der Waals surface area contributed by atoms with E-state index in [2.05, 4.69) is 9.72 Å². The van der Waals surface area contributed by atoms with Gasteiger partial charge in [-0.3, -0.25) is 9.59 Å². The lowest BCUT2D eigenvalue weighted by molar-refractivity contribution is -0.163. The van der Waals surface area contributed by atoms with E-state index in [4.69, 9.17) is 11.5 Å². The minimum absolute atomic E-state index is 0.0584. The molecule has 6 N–H and O–H groups in total. The summed E-state index contributed by atoms with van der Waals surface area (Å²) in [6.07, 6.45) is -4.06. The zero-order valence-corrected chi connectivity index (χ0v) is 14.7. The van der Waals surface area contributed by atoms with Gasteiger partial charge in [0, 0.05) is 6.20 Å². The molecule has 152 valence electrons. The second-order valence-electron chi connectivity index (χ2n) is 5.99. The van der Waals surface area contributed by atoms with Crippen molar-refractivity contribution in [2.75, 3.05) is 12.3 Å². The molecule has 1 aromatic heterocycles. The first-order valence-corrected chi connectivity index (χ1v) is 7.99. The summed E-state index contributed by atoms with van der Waals surface area (Å²) in [4.78, 5) is 38.2. The van der Waals surface area contributed by atoms with Crippen molar-refractivity contribution in [3.63, 3.8) is 0 Å². The number of nitrogen functional groups attached to an aromatic ring is 1. The van der Waals surface area contributed by atoms with E-state index in [0.29, 0.717) is 12.6 Å². The predicted octanol–water partition coefficient (Wildman–Crippen LogP) is -1.26. The number of nitrogens with zero attached hydrogens (tertiary/aromatic N) is 2. The number of carbonyl (C=O) groups excluding carboxylic acids is 2. The van der Waals surface area contributed by atoms with Crippen LogP contribution in [-0.2, 0) is 9.53 Å². The van der Waals surface area contributed by atoms with Gasteiger partial charge in [0.1, 0.15) is 24.6 Å². The Bertz CT molecular complexity index is 741. The Kier molecular flexibility index (Phi) is 7.51. The summed E-state index contributed by atoms with van der Waals surface area (Å²) in [7, 11) is 0. The molecular formula is C15H22F2N4O6. The Hall–Kier alpha value is -2.44. The van der Waals surface area contributed by atoms with Crippen molar-refractivity contribution >= 4 is 17.7 Å². The molecule has 0 fully saturated rings. The fourth-order valence-corrected chi connectivity index (χ4v) is 1.94. The largest absolute Gasteiger partial charge is 0.462 e. The third-order valence-electron chi connectivity index (χ3n) is 3.99. The summed E-state index contributed by atoms with van der Waals surface area (Å²) in [5.74, 6) is -8.21. The summed E-state index contributed by atoms with van der Waals surface area (Å²) < 4.78 is 32.9. The standard InChI is InChI=1S/C15H22F2N4O6/c1-3-7(2)10(19)12(24)27-6-8(22)11(23)15(16,17)13(25)21-5-4-9(18)20-14(21)26/h4-5,7-8,10-11,22-23H,3,6,19H2,1-2H3,(H2,18,20,26)/t7-,8+,10-,11+/m0/s1.